The van der Waals surface area contributed by atoms with Crippen molar-refractivity contribution in [2.24, 2.45) is 5.92 Å². The molecule has 0 radical (unpaired) electrons. The highest BCUT2D eigenvalue weighted by Gasteiger charge is 2.48. The first-order valence-electron chi connectivity index (χ1n) is 7.80. The number of benzene rings is 1. The first-order valence-corrected chi connectivity index (χ1v) is 8.18. The Kier molecular flexibility index (Phi) is 4.26. The number of urea groups is 1. The minimum Gasteiger partial charge on any atom is -0.281 e. The van der Waals surface area contributed by atoms with Crippen molar-refractivity contribution in [2.75, 3.05) is 4.90 Å². The smallest absolute Gasteiger partial charge is 0.281 e. The number of rotatable bonds is 3. The summed E-state index contributed by atoms with van der Waals surface area (Å²) < 4.78 is 0. The van der Waals surface area contributed by atoms with E-state index in [1.165, 1.54) is 4.90 Å². The van der Waals surface area contributed by atoms with Crippen molar-refractivity contribution in [3.63, 3.8) is 0 Å². The fourth-order valence-corrected chi connectivity index (χ4v) is 3.15. The van der Waals surface area contributed by atoms with Crippen LogP contribution in [0.5, 0.6) is 0 Å². The molecule has 5 heteroatoms. The van der Waals surface area contributed by atoms with Crippen LogP contribution in [0.2, 0.25) is 5.02 Å². The van der Waals surface area contributed by atoms with Crippen molar-refractivity contribution in [1.29, 1.82) is 0 Å². The summed E-state index contributed by atoms with van der Waals surface area (Å²) in [5.41, 5.74) is 1.36. The Bertz CT molecular complexity index is 691. The van der Waals surface area contributed by atoms with E-state index in [-0.39, 0.29) is 17.9 Å². The highest BCUT2D eigenvalue weighted by molar-refractivity contribution is 6.30. The predicted octanol–water partition coefficient (Wildman–Crippen LogP) is 4.37. The van der Waals surface area contributed by atoms with E-state index >= 15 is 0 Å². The van der Waals surface area contributed by atoms with E-state index in [1.807, 2.05) is 32.1 Å². The topological polar surface area (TPSA) is 40.6 Å². The summed E-state index contributed by atoms with van der Waals surface area (Å²) >= 11 is 5.90. The molecule has 0 saturated carbocycles. The van der Waals surface area contributed by atoms with Crippen LogP contribution in [0.3, 0.4) is 0 Å². The summed E-state index contributed by atoms with van der Waals surface area (Å²) in [6.07, 6.45) is 7.83. The fraction of sp³-hybridized carbons (Fsp3) is 0.333. The molecule has 23 heavy (non-hydrogen) atoms. The largest absolute Gasteiger partial charge is 0.336 e. The Morgan fingerprint density at radius 1 is 1.13 bits per heavy atom. The normalized spacial score (nSPS) is 21.4. The molecular formula is C18H19ClN2O2. The average Bonchev–Trinajstić information content (AvgIpc) is 2.80. The number of imide groups is 1. The molecule has 3 amide bonds. The molecule has 0 bridgehead atoms. The zero-order valence-corrected chi connectivity index (χ0v) is 14.0. The lowest BCUT2D eigenvalue weighted by molar-refractivity contribution is -0.120. The molecule has 1 aliphatic carbocycles. The quantitative estimate of drug-likeness (QED) is 0.772. The summed E-state index contributed by atoms with van der Waals surface area (Å²) in [7, 11) is 0. The van der Waals surface area contributed by atoms with Gasteiger partial charge in [-0.1, -0.05) is 37.6 Å². The van der Waals surface area contributed by atoms with Gasteiger partial charge in [0.25, 0.3) is 5.91 Å². The Labute approximate surface area is 141 Å². The van der Waals surface area contributed by atoms with Crippen LogP contribution in [0.1, 0.15) is 26.7 Å². The predicted molar refractivity (Wildman–Crippen MR) is 91.3 cm³/mol. The molecule has 4 nitrogen and oxygen atoms in total. The number of allylic oxidation sites excluding steroid dienone is 3. The van der Waals surface area contributed by atoms with Crippen LogP contribution in [0, 0.1) is 5.92 Å². The van der Waals surface area contributed by atoms with Crippen molar-refractivity contribution < 1.29 is 9.59 Å². The number of anilines is 1. The van der Waals surface area contributed by atoms with E-state index in [0.29, 0.717) is 10.7 Å². The molecule has 0 spiro atoms. The van der Waals surface area contributed by atoms with Gasteiger partial charge in [0, 0.05) is 10.7 Å². The lowest BCUT2D eigenvalue weighted by atomic mass is 10.0. The molecule has 1 aromatic carbocycles. The lowest BCUT2D eigenvalue weighted by Gasteiger charge is -2.26. The van der Waals surface area contributed by atoms with Gasteiger partial charge >= 0.3 is 6.03 Å². The molecule has 2 aliphatic rings. The maximum Gasteiger partial charge on any atom is 0.336 e. The molecule has 1 heterocycles. The minimum absolute atomic E-state index is 0.0278. The van der Waals surface area contributed by atoms with Crippen LogP contribution in [-0.2, 0) is 4.79 Å². The molecule has 120 valence electrons. The molecule has 1 fully saturated rings. The summed E-state index contributed by atoms with van der Waals surface area (Å²) in [6, 6.07) is 5.99. The van der Waals surface area contributed by atoms with Crippen LogP contribution in [0.25, 0.3) is 0 Å². The zero-order valence-electron chi connectivity index (χ0n) is 13.2. The van der Waals surface area contributed by atoms with Gasteiger partial charge in [-0.25, -0.2) is 9.69 Å². The van der Waals surface area contributed by atoms with Gasteiger partial charge in [-0.3, -0.25) is 9.69 Å². The third-order valence-electron chi connectivity index (χ3n) is 4.12. The van der Waals surface area contributed by atoms with Gasteiger partial charge in [-0.05, 0) is 49.1 Å². The fourth-order valence-electron chi connectivity index (χ4n) is 3.02. The molecule has 1 aliphatic heterocycles. The average molecular weight is 331 g/mol. The molecule has 1 unspecified atom stereocenters. The third-order valence-corrected chi connectivity index (χ3v) is 4.37. The first-order chi connectivity index (χ1) is 11.0. The van der Waals surface area contributed by atoms with Crippen LogP contribution < -0.4 is 4.90 Å². The van der Waals surface area contributed by atoms with E-state index in [0.717, 1.165) is 18.5 Å². The summed E-state index contributed by atoms with van der Waals surface area (Å²) in [5.74, 6) is -0.160. The van der Waals surface area contributed by atoms with Crippen LogP contribution in [0.4, 0.5) is 10.5 Å². The zero-order chi connectivity index (χ0) is 16.6. The monoisotopic (exact) mass is 330 g/mol. The Morgan fingerprint density at radius 3 is 2.39 bits per heavy atom. The molecule has 1 aromatic rings. The Hall–Kier alpha value is -2.07. The number of amides is 3. The number of halogens is 1. The van der Waals surface area contributed by atoms with Gasteiger partial charge in [0.05, 0.1) is 5.69 Å². The van der Waals surface area contributed by atoms with Gasteiger partial charge in [-0.2, -0.15) is 0 Å². The standard InChI is InChI=1S/C18H19ClN2O2/c1-12(2)16-17(22)21(15-10-8-13(19)9-11-15)18(23)20(16)14-6-4-3-5-7-14/h4,6-12,16H,3,5H2,1-2H3. The van der Waals surface area contributed by atoms with Gasteiger partial charge in [0.2, 0.25) is 0 Å². The van der Waals surface area contributed by atoms with E-state index < -0.39 is 6.04 Å². The van der Waals surface area contributed by atoms with Crippen molar-refractivity contribution in [2.45, 2.75) is 32.7 Å². The molecule has 1 atom stereocenters. The molecule has 3 rings (SSSR count). The minimum atomic E-state index is -0.479. The second kappa shape index (κ2) is 6.20. The van der Waals surface area contributed by atoms with E-state index in [9.17, 15) is 9.59 Å². The molecular weight excluding hydrogens is 312 g/mol. The third kappa shape index (κ3) is 2.79. The Balaban J connectivity index is 2.01. The first kappa shape index (κ1) is 15.8. The van der Waals surface area contributed by atoms with Crippen molar-refractivity contribution in [3.8, 4) is 0 Å². The molecule has 1 saturated heterocycles. The number of carbonyl (C=O) groups excluding carboxylic acids is 2. The second-order valence-electron chi connectivity index (χ2n) is 6.10. The molecule has 0 N–H and O–H groups in total. The number of hydrogen-bond acceptors (Lipinski definition) is 2. The van der Waals surface area contributed by atoms with Crippen LogP contribution in [-0.4, -0.2) is 22.9 Å². The SMILES string of the molecule is CC(C)C1C(=O)N(c2ccc(Cl)cc2)C(=O)N1C1=CCCC=C1. The summed E-state index contributed by atoms with van der Waals surface area (Å²) in [6.45, 7) is 3.92. The summed E-state index contributed by atoms with van der Waals surface area (Å²) in [4.78, 5) is 28.7. The van der Waals surface area contributed by atoms with Gasteiger partial charge < -0.3 is 0 Å². The maximum atomic E-state index is 12.9. The maximum absolute atomic E-state index is 12.9. The highest BCUT2D eigenvalue weighted by Crippen LogP contribution is 2.33. The van der Waals surface area contributed by atoms with E-state index in [2.05, 4.69) is 0 Å². The van der Waals surface area contributed by atoms with Gasteiger partial charge in [0.15, 0.2) is 0 Å². The number of carbonyl (C=O) groups is 2. The number of nitrogens with zero attached hydrogens (tertiary/aromatic N) is 2. The number of hydrogen-bond donors (Lipinski definition) is 0. The van der Waals surface area contributed by atoms with Crippen molar-refractivity contribution >= 4 is 29.2 Å². The van der Waals surface area contributed by atoms with Crippen molar-refractivity contribution in [3.05, 3.63) is 53.2 Å². The summed E-state index contributed by atoms with van der Waals surface area (Å²) in [5, 5.41) is 0.572. The van der Waals surface area contributed by atoms with E-state index in [1.54, 1.807) is 29.2 Å². The van der Waals surface area contributed by atoms with E-state index in [4.69, 9.17) is 11.6 Å². The van der Waals surface area contributed by atoms with Crippen molar-refractivity contribution in [1.82, 2.24) is 4.90 Å². The van der Waals surface area contributed by atoms with Crippen LogP contribution in [0.15, 0.2) is 48.2 Å². The molecule has 0 aromatic heterocycles. The van der Waals surface area contributed by atoms with Gasteiger partial charge in [-0.15, -0.1) is 0 Å². The highest BCUT2D eigenvalue weighted by atomic mass is 35.5. The van der Waals surface area contributed by atoms with Crippen LogP contribution >= 0.6 is 11.6 Å². The second-order valence-corrected chi connectivity index (χ2v) is 6.54. The van der Waals surface area contributed by atoms with Gasteiger partial charge in [0.1, 0.15) is 6.04 Å². The lowest BCUT2D eigenvalue weighted by Crippen LogP contribution is -2.38. The Morgan fingerprint density at radius 2 is 1.83 bits per heavy atom.